The van der Waals surface area contributed by atoms with E-state index in [2.05, 4.69) is 19.8 Å². The Morgan fingerprint density at radius 1 is 1.60 bits per heavy atom. The van der Waals surface area contributed by atoms with E-state index in [4.69, 9.17) is 0 Å². The van der Waals surface area contributed by atoms with Gasteiger partial charge < -0.3 is 0 Å². The first-order valence-electron chi connectivity index (χ1n) is 1.90. The third kappa shape index (κ3) is 4.61. The standard InChI is InChI=1S/C2H3.2CH3.In/c1-2;;;/h1H,2H2;2*1H3;. The van der Waals surface area contributed by atoms with Crippen LogP contribution in [0.15, 0.2) is 10.4 Å². The summed E-state index contributed by atoms with van der Waals surface area (Å²) in [6, 6.07) is 0. The number of rotatable bonds is 1. The van der Waals surface area contributed by atoms with Crippen molar-refractivity contribution in [3.05, 3.63) is 10.4 Å². The summed E-state index contributed by atoms with van der Waals surface area (Å²) in [7, 11) is 0. The van der Waals surface area contributed by atoms with Crippen molar-refractivity contribution in [1.29, 1.82) is 0 Å². The SMILES string of the molecule is C=[CH][In]([CH3])[CH3]. The Balaban J connectivity index is 2.83. The van der Waals surface area contributed by atoms with Crippen molar-refractivity contribution < 1.29 is 0 Å². The Morgan fingerprint density at radius 2 is 1.80 bits per heavy atom. The predicted molar refractivity (Wildman–Crippen MR) is 27.7 cm³/mol. The molecular weight excluding hydrogens is 163 g/mol. The van der Waals surface area contributed by atoms with Crippen LogP contribution in [0.3, 0.4) is 0 Å². The molecule has 28 valence electrons. The molecule has 0 unspecified atom stereocenters. The molecule has 0 atom stereocenters. The summed E-state index contributed by atoms with van der Waals surface area (Å²) < 4.78 is 6.75. The molecule has 0 aliphatic rings. The molecule has 0 aromatic heterocycles. The molecule has 0 aromatic rings. The van der Waals surface area contributed by atoms with Gasteiger partial charge in [0.15, 0.2) is 0 Å². The van der Waals surface area contributed by atoms with Gasteiger partial charge in [0.1, 0.15) is 0 Å². The van der Waals surface area contributed by atoms with Gasteiger partial charge in [-0.05, 0) is 0 Å². The Labute approximate surface area is 41.4 Å². The third-order valence-electron chi connectivity index (χ3n) is 0.471. The van der Waals surface area contributed by atoms with Gasteiger partial charge in [-0.3, -0.25) is 0 Å². The van der Waals surface area contributed by atoms with Gasteiger partial charge in [-0.2, -0.15) is 0 Å². The molecule has 5 heavy (non-hydrogen) atoms. The summed E-state index contributed by atoms with van der Waals surface area (Å²) >= 11 is -0.915. The maximum atomic E-state index is 3.65. The van der Waals surface area contributed by atoms with Crippen LogP contribution in [0, 0.1) is 0 Å². The molecule has 1 heteroatoms. The van der Waals surface area contributed by atoms with Crippen molar-refractivity contribution in [2.45, 2.75) is 9.36 Å². The molecule has 0 aromatic carbocycles. The van der Waals surface area contributed by atoms with Crippen LogP contribution in [0.25, 0.3) is 0 Å². The first-order valence-corrected chi connectivity index (χ1v) is 10.4. The second-order valence-corrected chi connectivity index (χ2v) is 9.93. The molecule has 0 saturated heterocycles. The van der Waals surface area contributed by atoms with Gasteiger partial charge in [0.2, 0.25) is 0 Å². The van der Waals surface area contributed by atoms with E-state index in [0.29, 0.717) is 0 Å². The van der Waals surface area contributed by atoms with Crippen LogP contribution in [-0.2, 0) is 0 Å². The van der Waals surface area contributed by atoms with Crippen molar-refractivity contribution in [1.82, 2.24) is 0 Å². The molecule has 0 aliphatic heterocycles. The van der Waals surface area contributed by atoms with E-state index in [-0.39, 0.29) is 0 Å². The number of hydrogen-bond acceptors (Lipinski definition) is 0. The third-order valence-corrected chi connectivity index (χ3v) is 3.16. The fraction of sp³-hybridized carbons (Fsp3) is 0.500. The van der Waals surface area contributed by atoms with E-state index >= 15 is 0 Å². The van der Waals surface area contributed by atoms with Crippen LogP contribution in [-0.4, -0.2) is 21.4 Å². The average molecular weight is 172 g/mol. The molecule has 0 fully saturated rings. The van der Waals surface area contributed by atoms with E-state index in [9.17, 15) is 0 Å². The number of hydrogen-bond donors (Lipinski definition) is 0. The molecule has 0 bridgehead atoms. The van der Waals surface area contributed by atoms with Crippen LogP contribution >= 0.6 is 0 Å². The van der Waals surface area contributed by atoms with Crippen LogP contribution in [0.4, 0.5) is 0 Å². The molecule has 0 amide bonds. The van der Waals surface area contributed by atoms with Gasteiger partial charge in [0, 0.05) is 0 Å². The monoisotopic (exact) mass is 172 g/mol. The van der Waals surface area contributed by atoms with Gasteiger partial charge >= 0.3 is 41.2 Å². The van der Waals surface area contributed by atoms with Gasteiger partial charge in [-0.15, -0.1) is 0 Å². The molecule has 0 radical (unpaired) electrons. The van der Waals surface area contributed by atoms with Gasteiger partial charge in [0.25, 0.3) is 0 Å². The van der Waals surface area contributed by atoms with Gasteiger partial charge in [-0.1, -0.05) is 0 Å². The minimum atomic E-state index is -0.915. The molecule has 0 saturated carbocycles. The summed E-state index contributed by atoms with van der Waals surface area (Å²) in [5.41, 5.74) is 0. The zero-order valence-electron chi connectivity index (χ0n) is 3.86. The first kappa shape index (κ1) is 5.61. The Kier molecular flexibility index (Phi) is 3.17. The summed E-state index contributed by atoms with van der Waals surface area (Å²) in [5, 5.41) is 0. The van der Waals surface area contributed by atoms with Crippen molar-refractivity contribution in [3.63, 3.8) is 0 Å². The average Bonchev–Trinajstić information content (AvgIpc) is 1.38. The quantitative estimate of drug-likeness (QED) is 0.561. The zero-order chi connectivity index (χ0) is 4.28. The first-order chi connectivity index (χ1) is 2.27. The molecule has 0 N–H and O–H groups in total. The van der Waals surface area contributed by atoms with E-state index in [0.717, 1.165) is 0 Å². The van der Waals surface area contributed by atoms with Crippen LogP contribution in [0.1, 0.15) is 0 Å². The van der Waals surface area contributed by atoms with Crippen LogP contribution in [0.5, 0.6) is 0 Å². The molecule has 0 nitrogen and oxygen atoms in total. The van der Waals surface area contributed by atoms with E-state index in [1.54, 1.807) is 0 Å². The summed E-state index contributed by atoms with van der Waals surface area (Å²) in [6.07, 6.45) is 0. The van der Waals surface area contributed by atoms with Gasteiger partial charge in [0.05, 0.1) is 0 Å². The zero-order valence-corrected chi connectivity index (χ0v) is 7.16. The normalized spacial score (nSPS) is 6.80. The Bertz CT molecular complexity index is 30.6. The Morgan fingerprint density at radius 3 is 1.80 bits per heavy atom. The minimum absolute atomic E-state index is 0.915. The summed E-state index contributed by atoms with van der Waals surface area (Å²) in [5.74, 6) is 0. The maximum absolute atomic E-state index is 3.65. The topological polar surface area (TPSA) is 0 Å². The fourth-order valence-corrected chi connectivity index (χ4v) is 0. The second kappa shape index (κ2) is 2.83. The van der Waals surface area contributed by atoms with Crippen molar-refractivity contribution in [2.24, 2.45) is 0 Å². The molecule has 0 spiro atoms. The fourth-order valence-electron chi connectivity index (χ4n) is 0. The second-order valence-electron chi connectivity index (χ2n) is 1.48. The molecular formula is C4H9In. The summed E-state index contributed by atoms with van der Waals surface area (Å²) in [4.78, 5) is 0. The molecule has 0 rings (SSSR count). The van der Waals surface area contributed by atoms with Crippen LogP contribution < -0.4 is 0 Å². The van der Waals surface area contributed by atoms with Crippen molar-refractivity contribution in [2.75, 3.05) is 0 Å². The van der Waals surface area contributed by atoms with E-state index in [1.165, 1.54) is 0 Å². The van der Waals surface area contributed by atoms with Crippen LogP contribution in [0.2, 0.25) is 9.36 Å². The van der Waals surface area contributed by atoms with Gasteiger partial charge in [-0.25, -0.2) is 0 Å². The molecule has 0 heterocycles. The molecule has 0 aliphatic carbocycles. The predicted octanol–water partition coefficient (Wildman–Crippen LogP) is 1.47. The Hall–Kier alpha value is 0.610. The van der Waals surface area contributed by atoms with Crippen molar-refractivity contribution in [3.8, 4) is 0 Å². The summed E-state index contributed by atoms with van der Waals surface area (Å²) in [6.45, 7) is 3.65. The van der Waals surface area contributed by atoms with Crippen molar-refractivity contribution >= 4 is 21.4 Å². The van der Waals surface area contributed by atoms with E-state index < -0.39 is 21.4 Å². The van der Waals surface area contributed by atoms with E-state index in [1.807, 2.05) is 0 Å².